The lowest BCUT2D eigenvalue weighted by atomic mass is 9.97. The lowest BCUT2D eigenvalue weighted by Gasteiger charge is -2.27. The van der Waals surface area contributed by atoms with Crippen molar-refractivity contribution < 1.29 is 4.39 Å². The highest BCUT2D eigenvalue weighted by atomic mass is 19.1. The first-order chi connectivity index (χ1) is 8.75. The normalized spacial score (nSPS) is 17.3. The Morgan fingerprint density at radius 3 is 2.72 bits per heavy atom. The van der Waals surface area contributed by atoms with E-state index >= 15 is 0 Å². The minimum absolute atomic E-state index is 0.0761. The summed E-state index contributed by atoms with van der Waals surface area (Å²) >= 11 is 0. The molecule has 1 N–H and O–H groups in total. The van der Waals surface area contributed by atoms with Crippen LogP contribution in [0.1, 0.15) is 18.4 Å². The second kappa shape index (κ2) is 6.86. The summed E-state index contributed by atoms with van der Waals surface area (Å²) in [6, 6.07) is 7.08. The van der Waals surface area contributed by atoms with E-state index in [1.807, 2.05) is 12.1 Å². The molecule has 0 aromatic heterocycles. The van der Waals surface area contributed by atoms with Crippen molar-refractivity contribution in [2.24, 2.45) is 5.92 Å². The van der Waals surface area contributed by atoms with Crippen LogP contribution in [0.25, 0.3) is 0 Å². The lowest BCUT2D eigenvalue weighted by molar-refractivity contribution is 0.242. The molecule has 0 radical (unpaired) electrons. The molecule has 0 spiro atoms. The van der Waals surface area contributed by atoms with Gasteiger partial charge in [0.15, 0.2) is 0 Å². The summed E-state index contributed by atoms with van der Waals surface area (Å²) in [5.41, 5.74) is 0.828. The Morgan fingerprint density at radius 1 is 1.28 bits per heavy atom. The van der Waals surface area contributed by atoms with Crippen molar-refractivity contribution in [3.63, 3.8) is 0 Å². The standard InChI is InChI=1S/C15H23FN2/c1-18(12-13-6-9-17-10-7-13)11-8-14-4-2-3-5-15(14)16/h2-5,13,17H,6-12H2,1H3. The summed E-state index contributed by atoms with van der Waals surface area (Å²) in [5.74, 6) is 0.727. The van der Waals surface area contributed by atoms with Gasteiger partial charge in [0.2, 0.25) is 0 Å². The molecule has 0 amide bonds. The Bertz CT molecular complexity index is 361. The second-order valence-corrected chi connectivity index (χ2v) is 5.30. The van der Waals surface area contributed by atoms with E-state index in [1.54, 1.807) is 12.1 Å². The predicted octanol–water partition coefficient (Wildman–Crippen LogP) is 2.30. The Labute approximate surface area is 109 Å². The van der Waals surface area contributed by atoms with Crippen molar-refractivity contribution in [1.82, 2.24) is 10.2 Å². The van der Waals surface area contributed by atoms with Gasteiger partial charge in [-0.05, 0) is 56.9 Å². The Hall–Kier alpha value is -0.930. The van der Waals surface area contributed by atoms with Crippen LogP contribution in [0.2, 0.25) is 0 Å². The number of piperidine rings is 1. The Balaban J connectivity index is 1.74. The van der Waals surface area contributed by atoms with Gasteiger partial charge in [0.05, 0.1) is 0 Å². The first-order valence-electron chi connectivity index (χ1n) is 6.88. The zero-order chi connectivity index (χ0) is 12.8. The third-order valence-corrected chi connectivity index (χ3v) is 3.75. The number of rotatable bonds is 5. The summed E-state index contributed by atoms with van der Waals surface area (Å²) in [6.45, 7) is 4.36. The largest absolute Gasteiger partial charge is 0.317 e. The van der Waals surface area contributed by atoms with Gasteiger partial charge >= 0.3 is 0 Å². The smallest absolute Gasteiger partial charge is 0.126 e. The molecule has 0 unspecified atom stereocenters. The number of nitrogens with one attached hydrogen (secondary N) is 1. The van der Waals surface area contributed by atoms with Crippen LogP contribution in [0.5, 0.6) is 0 Å². The van der Waals surface area contributed by atoms with Gasteiger partial charge in [0.25, 0.3) is 0 Å². The van der Waals surface area contributed by atoms with Gasteiger partial charge in [0.1, 0.15) is 5.82 Å². The summed E-state index contributed by atoms with van der Waals surface area (Å²) in [7, 11) is 2.14. The molecule has 1 saturated heterocycles. The molecule has 1 aromatic carbocycles. The number of benzene rings is 1. The minimum Gasteiger partial charge on any atom is -0.317 e. The maximum absolute atomic E-state index is 13.5. The summed E-state index contributed by atoms with van der Waals surface area (Å²) in [6.07, 6.45) is 3.34. The van der Waals surface area contributed by atoms with Crippen LogP contribution in [0.3, 0.4) is 0 Å². The molecular weight excluding hydrogens is 227 g/mol. The Morgan fingerprint density at radius 2 is 2.00 bits per heavy atom. The van der Waals surface area contributed by atoms with Crippen LogP contribution in [0.15, 0.2) is 24.3 Å². The maximum Gasteiger partial charge on any atom is 0.126 e. The molecule has 0 atom stereocenters. The number of likely N-dealkylation sites (N-methyl/N-ethyl adjacent to an activating group) is 1. The van der Waals surface area contributed by atoms with Crippen LogP contribution in [0, 0.1) is 11.7 Å². The fourth-order valence-corrected chi connectivity index (χ4v) is 2.61. The monoisotopic (exact) mass is 250 g/mol. The number of hydrogen-bond donors (Lipinski definition) is 1. The molecule has 3 heteroatoms. The SMILES string of the molecule is CN(CCc1ccccc1F)CC1CCNCC1. The molecule has 0 aliphatic carbocycles. The number of hydrogen-bond acceptors (Lipinski definition) is 2. The van der Waals surface area contributed by atoms with Gasteiger partial charge in [-0.2, -0.15) is 0 Å². The quantitative estimate of drug-likeness (QED) is 0.862. The van der Waals surface area contributed by atoms with E-state index in [9.17, 15) is 4.39 Å². The first kappa shape index (κ1) is 13.5. The van der Waals surface area contributed by atoms with Crippen molar-refractivity contribution in [1.29, 1.82) is 0 Å². The zero-order valence-corrected chi connectivity index (χ0v) is 11.2. The highest BCUT2D eigenvalue weighted by molar-refractivity contribution is 5.17. The molecule has 1 aliphatic heterocycles. The summed E-state index contributed by atoms with van der Waals surface area (Å²) in [5, 5.41) is 3.39. The molecule has 100 valence electrons. The fourth-order valence-electron chi connectivity index (χ4n) is 2.61. The van der Waals surface area contributed by atoms with Crippen molar-refractivity contribution in [2.75, 3.05) is 33.2 Å². The molecule has 2 nitrogen and oxygen atoms in total. The van der Waals surface area contributed by atoms with E-state index < -0.39 is 0 Å². The average Bonchev–Trinajstić information content (AvgIpc) is 2.39. The van der Waals surface area contributed by atoms with Crippen LogP contribution < -0.4 is 5.32 Å². The topological polar surface area (TPSA) is 15.3 Å². The second-order valence-electron chi connectivity index (χ2n) is 5.30. The first-order valence-corrected chi connectivity index (χ1v) is 6.88. The number of nitrogens with zero attached hydrogens (tertiary/aromatic N) is 1. The third-order valence-electron chi connectivity index (χ3n) is 3.75. The minimum atomic E-state index is -0.0761. The van der Waals surface area contributed by atoms with Crippen molar-refractivity contribution in [3.8, 4) is 0 Å². The van der Waals surface area contributed by atoms with E-state index in [1.165, 1.54) is 12.8 Å². The lowest BCUT2D eigenvalue weighted by Crippen LogP contribution is -2.35. The van der Waals surface area contributed by atoms with Crippen molar-refractivity contribution in [3.05, 3.63) is 35.6 Å². The average molecular weight is 250 g/mol. The van der Waals surface area contributed by atoms with E-state index in [0.29, 0.717) is 0 Å². The van der Waals surface area contributed by atoms with E-state index in [0.717, 1.165) is 44.1 Å². The van der Waals surface area contributed by atoms with Gasteiger partial charge in [-0.1, -0.05) is 18.2 Å². The maximum atomic E-state index is 13.5. The highest BCUT2D eigenvalue weighted by Crippen LogP contribution is 2.13. The van der Waals surface area contributed by atoms with E-state index in [-0.39, 0.29) is 5.82 Å². The van der Waals surface area contributed by atoms with Gasteiger partial charge in [0, 0.05) is 13.1 Å². The van der Waals surface area contributed by atoms with Crippen LogP contribution in [-0.4, -0.2) is 38.1 Å². The highest BCUT2D eigenvalue weighted by Gasteiger charge is 2.14. The molecule has 2 rings (SSSR count). The third kappa shape index (κ3) is 4.07. The molecule has 1 aliphatic rings. The van der Waals surface area contributed by atoms with Gasteiger partial charge in [-0.25, -0.2) is 4.39 Å². The van der Waals surface area contributed by atoms with Crippen LogP contribution in [0.4, 0.5) is 4.39 Å². The molecule has 0 bridgehead atoms. The zero-order valence-electron chi connectivity index (χ0n) is 11.2. The summed E-state index contributed by atoms with van der Waals surface area (Å²) < 4.78 is 13.5. The Kier molecular flexibility index (Phi) is 5.14. The predicted molar refractivity (Wildman–Crippen MR) is 73.2 cm³/mol. The molecule has 1 aromatic rings. The van der Waals surface area contributed by atoms with Gasteiger partial charge < -0.3 is 10.2 Å². The van der Waals surface area contributed by atoms with E-state index in [2.05, 4.69) is 17.3 Å². The molecular formula is C15H23FN2. The van der Waals surface area contributed by atoms with Gasteiger partial charge in [-0.3, -0.25) is 0 Å². The van der Waals surface area contributed by atoms with Crippen molar-refractivity contribution in [2.45, 2.75) is 19.3 Å². The molecule has 1 heterocycles. The fraction of sp³-hybridized carbons (Fsp3) is 0.600. The molecule has 18 heavy (non-hydrogen) atoms. The van der Waals surface area contributed by atoms with Crippen LogP contribution in [-0.2, 0) is 6.42 Å². The van der Waals surface area contributed by atoms with Crippen LogP contribution >= 0.6 is 0 Å². The number of halogens is 1. The van der Waals surface area contributed by atoms with E-state index in [4.69, 9.17) is 0 Å². The van der Waals surface area contributed by atoms with Gasteiger partial charge in [-0.15, -0.1) is 0 Å². The van der Waals surface area contributed by atoms with Crippen molar-refractivity contribution >= 4 is 0 Å². The molecule has 1 fully saturated rings. The summed E-state index contributed by atoms with van der Waals surface area (Å²) in [4.78, 5) is 2.34. The molecule has 0 saturated carbocycles.